The number of aryl methyl sites for hydroxylation is 2. The molecule has 0 saturated carbocycles. The van der Waals surface area contributed by atoms with Gasteiger partial charge in [-0.25, -0.2) is 4.79 Å². The molecule has 12 heavy (non-hydrogen) atoms. The van der Waals surface area contributed by atoms with E-state index in [4.69, 9.17) is 5.11 Å². The van der Waals surface area contributed by atoms with E-state index in [0.717, 1.165) is 11.1 Å². The number of aromatic carboxylic acids is 1. The van der Waals surface area contributed by atoms with Crippen LogP contribution < -0.4 is 0 Å². The Hall–Kier alpha value is -0.440. The number of carbonyl (C=O) groups is 1. The summed E-state index contributed by atoms with van der Waals surface area (Å²) in [4.78, 5) is 10.5. The van der Waals surface area contributed by atoms with Crippen molar-refractivity contribution >= 4 is 31.8 Å². The van der Waals surface area contributed by atoms with Crippen molar-refractivity contribution in [3.63, 3.8) is 0 Å². The topological polar surface area (TPSA) is 37.3 Å². The molecule has 0 aliphatic heterocycles. The summed E-state index contributed by atoms with van der Waals surface area (Å²) in [6.07, 6.45) is 0. The second kappa shape index (κ2) is 4.55. The molecule has 1 rings (SSSR count). The Morgan fingerprint density at radius 1 is 1.33 bits per heavy atom. The van der Waals surface area contributed by atoms with Crippen LogP contribution in [0, 0.1) is 13.8 Å². The third-order valence-electron chi connectivity index (χ3n) is 1.61. The van der Waals surface area contributed by atoms with Crippen molar-refractivity contribution in [1.82, 2.24) is 0 Å². The van der Waals surface area contributed by atoms with E-state index < -0.39 is 5.97 Å². The maximum atomic E-state index is 10.5. The van der Waals surface area contributed by atoms with Gasteiger partial charge < -0.3 is 5.11 Å². The molecule has 0 radical (unpaired) electrons. The zero-order chi connectivity index (χ0) is 8.43. The Bertz CT molecular complexity index is 295. The molecule has 0 amide bonds. The molecule has 0 aliphatic carbocycles. The molecule has 1 aromatic rings. The van der Waals surface area contributed by atoms with Gasteiger partial charge in [0.2, 0.25) is 0 Å². The summed E-state index contributed by atoms with van der Waals surface area (Å²) in [5.74, 6) is -0.859. The van der Waals surface area contributed by atoms with Crippen molar-refractivity contribution < 1.29 is 9.90 Å². The second-order valence-corrected chi connectivity index (χ2v) is 2.62. The molecule has 1 aromatic carbocycles. The SMILES string of the molecule is Cc1ccc(C(=O)O)c(C)c1.[InH3]. The summed E-state index contributed by atoms with van der Waals surface area (Å²) in [5.41, 5.74) is 2.29. The molecule has 2 nitrogen and oxygen atoms in total. The molecule has 0 aromatic heterocycles. The van der Waals surface area contributed by atoms with Gasteiger partial charge in [0.05, 0.1) is 5.56 Å². The number of benzene rings is 1. The predicted octanol–water partition coefficient (Wildman–Crippen LogP) is 0.818. The normalized spacial score (nSPS) is 8.83. The molecular formula is C9H13InO2. The number of carboxylic acids is 1. The van der Waals surface area contributed by atoms with E-state index >= 15 is 0 Å². The van der Waals surface area contributed by atoms with Crippen LogP contribution in [0.15, 0.2) is 18.2 Å². The van der Waals surface area contributed by atoms with E-state index in [1.807, 2.05) is 13.0 Å². The molecule has 0 atom stereocenters. The second-order valence-electron chi connectivity index (χ2n) is 2.62. The molecule has 3 heteroatoms. The van der Waals surface area contributed by atoms with Gasteiger partial charge in [-0.2, -0.15) is 0 Å². The first-order valence-corrected chi connectivity index (χ1v) is 3.42. The summed E-state index contributed by atoms with van der Waals surface area (Å²) < 4.78 is 0. The van der Waals surface area contributed by atoms with E-state index in [0.29, 0.717) is 5.56 Å². The third-order valence-corrected chi connectivity index (χ3v) is 1.61. The quantitative estimate of drug-likeness (QED) is 0.818. The molecule has 0 heterocycles. The minimum atomic E-state index is -0.859. The maximum absolute atomic E-state index is 10.5. The number of hydrogen-bond acceptors (Lipinski definition) is 1. The fraction of sp³-hybridized carbons (Fsp3) is 0.222. The van der Waals surface area contributed by atoms with Crippen molar-refractivity contribution in [2.24, 2.45) is 0 Å². The van der Waals surface area contributed by atoms with Gasteiger partial charge in [0, 0.05) is 0 Å². The van der Waals surface area contributed by atoms with Gasteiger partial charge in [0.15, 0.2) is 0 Å². The molecule has 0 aliphatic rings. The van der Waals surface area contributed by atoms with Crippen molar-refractivity contribution in [3.8, 4) is 0 Å². The molecule has 0 bridgehead atoms. The zero-order valence-corrected chi connectivity index (χ0v) is 6.59. The van der Waals surface area contributed by atoms with E-state index in [2.05, 4.69) is 0 Å². The van der Waals surface area contributed by atoms with Crippen LogP contribution >= 0.6 is 0 Å². The number of hydrogen-bond donors (Lipinski definition) is 1. The van der Waals surface area contributed by atoms with Crippen LogP contribution in [0.4, 0.5) is 0 Å². The van der Waals surface area contributed by atoms with Crippen LogP contribution in [-0.4, -0.2) is 36.9 Å². The van der Waals surface area contributed by atoms with E-state index in [9.17, 15) is 4.79 Å². The summed E-state index contributed by atoms with van der Waals surface area (Å²) in [5, 5.41) is 8.66. The zero-order valence-electron chi connectivity index (χ0n) is 6.59. The summed E-state index contributed by atoms with van der Waals surface area (Å²) in [7, 11) is 0. The van der Waals surface area contributed by atoms with Crippen molar-refractivity contribution in [2.75, 3.05) is 0 Å². The standard InChI is InChI=1S/C9H10O2.In.3H/c1-6-3-4-8(9(10)11)7(2)5-6;;;;/h3-5H,1-2H3,(H,10,11);;;;. The first-order chi connectivity index (χ1) is 5.11. The van der Waals surface area contributed by atoms with Crippen molar-refractivity contribution in [1.29, 1.82) is 0 Å². The van der Waals surface area contributed by atoms with Crippen LogP contribution in [0.3, 0.4) is 0 Å². The summed E-state index contributed by atoms with van der Waals surface area (Å²) in [6.45, 7) is 3.75. The van der Waals surface area contributed by atoms with Crippen molar-refractivity contribution in [2.45, 2.75) is 13.8 Å². The Morgan fingerprint density at radius 3 is 2.33 bits per heavy atom. The summed E-state index contributed by atoms with van der Waals surface area (Å²) in [6, 6.07) is 5.30. The Labute approximate surface area is 90.4 Å². The number of rotatable bonds is 1. The molecule has 0 fully saturated rings. The van der Waals surface area contributed by atoms with Crippen LogP contribution in [0.25, 0.3) is 0 Å². The Kier molecular flexibility index (Phi) is 4.39. The predicted molar refractivity (Wildman–Crippen MR) is 52.8 cm³/mol. The molecular weight excluding hydrogens is 255 g/mol. The van der Waals surface area contributed by atoms with Gasteiger partial charge in [0.25, 0.3) is 0 Å². The van der Waals surface area contributed by atoms with Crippen LogP contribution in [0.5, 0.6) is 0 Å². The van der Waals surface area contributed by atoms with E-state index in [-0.39, 0.29) is 25.8 Å². The first kappa shape index (κ1) is 11.6. The average Bonchev–Trinajstić information content (AvgIpc) is 1.85. The molecule has 64 valence electrons. The van der Waals surface area contributed by atoms with Crippen LogP contribution in [-0.2, 0) is 0 Å². The van der Waals surface area contributed by atoms with E-state index in [1.165, 1.54) is 0 Å². The van der Waals surface area contributed by atoms with Gasteiger partial charge in [-0.1, -0.05) is 17.7 Å². The van der Waals surface area contributed by atoms with Gasteiger partial charge in [0.1, 0.15) is 0 Å². The van der Waals surface area contributed by atoms with Crippen LogP contribution in [0.1, 0.15) is 21.5 Å². The minimum absolute atomic E-state index is 0. The monoisotopic (exact) mass is 268 g/mol. The molecule has 0 saturated heterocycles. The van der Waals surface area contributed by atoms with Gasteiger partial charge in [-0.05, 0) is 25.5 Å². The first-order valence-electron chi connectivity index (χ1n) is 3.42. The van der Waals surface area contributed by atoms with Crippen LogP contribution in [0.2, 0.25) is 0 Å². The van der Waals surface area contributed by atoms with E-state index in [1.54, 1.807) is 19.1 Å². The number of carboxylic acid groups (broad SMARTS) is 1. The molecule has 0 spiro atoms. The Balaban J connectivity index is 0.00000121. The fourth-order valence-corrected chi connectivity index (χ4v) is 1.05. The molecule has 1 N–H and O–H groups in total. The average molecular weight is 268 g/mol. The van der Waals surface area contributed by atoms with Crippen molar-refractivity contribution in [3.05, 3.63) is 34.9 Å². The third kappa shape index (κ3) is 2.55. The fourth-order valence-electron chi connectivity index (χ4n) is 1.05. The van der Waals surface area contributed by atoms with Gasteiger partial charge in [-0.3, -0.25) is 0 Å². The van der Waals surface area contributed by atoms with Gasteiger partial charge in [-0.15, -0.1) is 0 Å². The molecule has 0 unspecified atom stereocenters. The Morgan fingerprint density at radius 2 is 1.92 bits per heavy atom. The van der Waals surface area contributed by atoms with Gasteiger partial charge >= 0.3 is 31.8 Å². The summed E-state index contributed by atoms with van der Waals surface area (Å²) >= 11 is 0.